The summed E-state index contributed by atoms with van der Waals surface area (Å²) in [5.41, 5.74) is 2.31. The van der Waals surface area contributed by atoms with Gasteiger partial charge in [0, 0.05) is 31.8 Å². The number of methoxy groups -OCH3 is 1. The van der Waals surface area contributed by atoms with Crippen molar-refractivity contribution in [2.45, 2.75) is 18.7 Å². The predicted molar refractivity (Wildman–Crippen MR) is 65.6 cm³/mol. The maximum absolute atomic E-state index is 5.71. The Morgan fingerprint density at radius 2 is 1.93 bits per heavy atom. The van der Waals surface area contributed by atoms with Gasteiger partial charge in [0.05, 0.1) is 0 Å². The zero-order chi connectivity index (χ0) is 10.9. The zero-order valence-electron chi connectivity index (χ0n) is 9.13. The third-order valence-electron chi connectivity index (χ3n) is 2.21. The van der Waals surface area contributed by atoms with Crippen LogP contribution in [0.2, 0.25) is 0 Å². The van der Waals surface area contributed by atoms with Crippen LogP contribution in [0.1, 0.15) is 18.4 Å². The lowest BCUT2D eigenvalue weighted by molar-refractivity contribution is 0.194. The Hall–Kier alpha value is -0.730. The fourth-order valence-corrected chi connectivity index (χ4v) is 1.49. The summed E-state index contributed by atoms with van der Waals surface area (Å²) in [5.74, 6) is 0.577. The van der Waals surface area contributed by atoms with E-state index in [0.29, 0.717) is 5.88 Å². The highest BCUT2D eigenvalue weighted by atomic mass is 35.5. The minimum Gasteiger partial charge on any atom is -0.385 e. The SMILES string of the molecule is COCCCCNc1ccc(CCl)cc1. The van der Waals surface area contributed by atoms with Gasteiger partial charge < -0.3 is 10.1 Å². The monoisotopic (exact) mass is 227 g/mol. The van der Waals surface area contributed by atoms with E-state index in [9.17, 15) is 0 Å². The molecule has 0 aliphatic heterocycles. The fraction of sp³-hybridized carbons (Fsp3) is 0.500. The molecule has 1 rings (SSSR count). The van der Waals surface area contributed by atoms with E-state index in [4.69, 9.17) is 16.3 Å². The second kappa shape index (κ2) is 7.55. The number of halogens is 1. The number of nitrogens with one attached hydrogen (secondary N) is 1. The molecule has 0 aromatic heterocycles. The van der Waals surface area contributed by atoms with Crippen LogP contribution in [0.4, 0.5) is 5.69 Å². The first kappa shape index (κ1) is 12.3. The molecule has 0 saturated heterocycles. The first-order chi connectivity index (χ1) is 7.36. The molecule has 0 radical (unpaired) electrons. The van der Waals surface area contributed by atoms with Gasteiger partial charge in [0.2, 0.25) is 0 Å². The number of hydrogen-bond donors (Lipinski definition) is 1. The molecule has 0 unspecified atom stereocenters. The molecule has 1 aromatic rings. The molecule has 0 bridgehead atoms. The Morgan fingerprint density at radius 3 is 2.53 bits per heavy atom. The third kappa shape index (κ3) is 5.05. The van der Waals surface area contributed by atoms with Crippen molar-refractivity contribution in [3.8, 4) is 0 Å². The van der Waals surface area contributed by atoms with Crippen LogP contribution in [-0.2, 0) is 10.6 Å². The van der Waals surface area contributed by atoms with Gasteiger partial charge in [0.1, 0.15) is 0 Å². The summed E-state index contributed by atoms with van der Waals surface area (Å²) in [7, 11) is 1.73. The number of hydrogen-bond acceptors (Lipinski definition) is 2. The first-order valence-electron chi connectivity index (χ1n) is 5.24. The van der Waals surface area contributed by atoms with Crippen LogP contribution in [-0.4, -0.2) is 20.3 Å². The Morgan fingerprint density at radius 1 is 1.20 bits per heavy atom. The summed E-state index contributed by atoms with van der Waals surface area (Å²) in [5, 5.41) is 3.36. The molecule has 0 aliphatic carbocycles. The fourth-order valence-electron chi connectivity index (χ4n) is 1.32. The first-order valence-corrected chi connectivity index (χ1v) is 5.78. The van der Waals surface area contributed by atoms with E-state index >= 15 is 0 Å². The van der Waals surface area contributed by atoms with E-state index in [-0.39, 0.29) is 0 Å². The zero-order valence-corrected chi connectivity index (χ0v) is 9.89. The van der Waals surface area contributed by atoms with Gasteiger partial charge in [-0.15, -0.1) is 11.6 Å². The van der Waals surface area contributed by atoms with Crippen molar-refractivity contribution in [1.82, 2.24) is 0 Å². The van der Waals surface area contributed by atoms with Gasteiger partial charge in [0.25, 0.3) is 0 Å². The van der Waals surface area contributed by atoms with Crippen molar-refractivity contribution >= 4 is 17.3 Å². The smallest absolute Gasteiger partial charge is 0.0474 e. The molecule has 84 valence electrons. The number of unbranched alkanes of at least 4 members (excludes halogenated alkanes) is 1. The van der Waals surface area contributed by atoms with Crippen LogP contribution in [0.25, 0.3) is 0 Å². The highest BCUT2D eigenvalue weighted by Crippen LogP contribution is 2.11. The molecule has 1 N–H and O–H groups in total. The van der Waals surface area contributed by atoms with Gasteiger partial charge in [-0.1, -0.05) is 12.1 Å². The van der Waals surface area contributed by atoms with E-state index in [2.05, 4.69) is 17.4 Å². The van der Waals surface area contributed by atoms with Crippen LogP contribution in [0.15, 0.2) is 24.3 Å². The molecule has 15 heavy (non-hydrogen) atoms. The van der Waals surface area contributed by atoms with Crippen LogP contribution in [0, 0.1) is 0 Å². The molecule has 3 heteroatoms. The van der Waals surface area contributed by atoms with Crippen molar-refractivity contribution in [1.29, 1.82) is 0 Å². The van der Waals surface area contributed by atoms with Gasteiger partial charge in [-0.2, -0.15) is 0 Å². The standard InChI is InChI=1S/C12H18ClNO/c1-15-9-3-2-8-14-12-6-4-11(10-13)5-7-12/h4-7,14H,2-3,8-10H2,1H3. The van der Waals surface area contributed by atoms with Crippen LogP contribution < -0.4 is 5.32 Å². The minimum atomic E-state index is 0.577. The van der Waals surface area contributed by atoms with Crippen molar-refractivity contribution in [2.24, 2.45) is 0 Å². The lowest BCUT2D eigenvalue weighted by Crippen LogP contribution is -2.02. The summed E-state index contributed by atoms with van der Waals surface area (Å²) in [6.07, 6.45) is 2.23. The average Bonchev–Trinajstić information content (AvgIpc) is 2.30. The minimum absolute atomic E-state index is 0.577. The quantitative estimate of drug-likeness (QED) is 0.570. The topological polar surface area (TPSA) is 21.3 Å². The number of alkyl halides is 1. The lowest BCUT2D eigenvalue weighted by atomic mass is 10.2. The molecule has 0 aliphatic rings. The molecule has 2 nitrogen and oxygen atoms in total. The molecular formula is C12H18ClNO. The van der Waals surface area contributed by atoms with Crippen LogP contribution >= 0.6 is 11.6 Å². The van der Waals surface area contributed by atoms with Crippen molar-refractivity contribution < 1.29 is 4.74 Å². The second-order valence-electron chi connectivity index (χ2n) is 3.46. The Balaban J connectivity index is 2.20. The summed E-state index contributed by atoms with van der Waals surface area (Å²) < 4.78 is 4.98. The third-order valence-corrected chi connectivity index (χ3v) is 2.52. The predicted octanol–water partition coefficient (Wildman–Crippen LogP) is 3.26. The van der Waals surface area contributed by atoms with E-state index < -0.39 is 0 Å². The van der Waals surface area contributed by atoms with Gasteiger partial charge in [0.15, 0.2) is 0 Å². The van der Waals surface area contributed by atoms with Crippen molar-refractivity contribution in [3.05, 3.63) is 29.8 Å². The molecule has 0 atom stereocenters. The van der Waals surface area contributed by atoms with E-state index in [1.165, 1.54) is 0 Å². The van der Waals surface area contributed by atoms with Crippen LogP contribution in [0.5, 0.6) is 0 Å². The Bertz CT molecular complexity index is 261. The van der Waals surface area contributed by atoms with E-state index in [0.717, 1.165) is 37.2 Å². The largest absolute Gasteiger partial charge is 0.385 e. The highest BCUT2D eigenvalue weighted by Gasteiger charge is 1.93. The lowest BCUT2D eigenvalue weighted by Gasteiger charge is -2.06. The van der Waals surface area contributed by atoms with Crippen molar-refractivity contribution in [3.63, 3.8) is 0 Å². The van der Waals surface area contributed by atoms with E-state index in [1.54, 1.807) is 7.11 Å². The highest BCUT2D eigenvalue weighted by molar-refractivity contribution is 6.17. The average molecular weight is 228 g/mol. The second-order valence-corrected chi connectivity index (χ2v) is 3.72. The van der Waals surface area contributed by atoms with Crippen molar-refractivity contribution in [2.75, 3.05) is 25.6 Å². The number of rotatable bonds is 7. The summed E-state index contributed by atoms with van der Waals surface area (Å²) in [4.78, 5) is 0. The molecule has 0 spiro atoms. The summed E-state index contributed by atoms with van der Waals surface area (Å²) >= 11 is 5.71. The maximum Gasteiger partial charge on any atom is 0.0474 e. The molecule has 0 fully saturated rings. The van der Waals surface area contributed by atoms with Crippen LogP contribution in [0.3, 0.4) is 0 Å². The summed E-state index contributed by atoms with van der Waals surface area (Å²) in [6, 6.07) is 8.22. The maximum atomic E-state index is 5.71. The normalized spacial score (nSPS) is 10.3. The number of benzene rings is 1. The van der Waals surface area contributed by atoms with Gasteiger partial charge in [-0.05, 0) is 30.5 Å². The van der Waals surface area contributed by atoms with Gasteiger partial charge >= 0.3 is 0 Å². The Labute approximate surface area is 96.6 Å². The van der Waals surface area contributed by atoms with E-state index in [1.807, 2.05) is 12.1 Å². The number of ether oxygens (including phenoxy) is 1. The molecule has 0 amide bonds. The Kier molecular flexibility index (Phi) is 6.21. The summed E-state index contributed by atoms with van der Waals surface area (Å²) in [6.45, 7) is 1.83. The number of anilines is 1. The molecule has 1 aromatic carbocycles. The van der Waals surface area contributed by atoms with Gasteiger partial charge in [-0.3, -0.25) is 0 Å². The molecule has 0 heterocycles. The van der Waals surface area contributed by atoms with Gasteiger partial charge in [-0.25, -0.2) is 0 Å². The molecule has 0 saturated carbocycles. The molecular weight excluding hydrogens is 210 g/mol.